The van der Waals surface area contributed by atoms with E-state index in [1.165, 1.54) is 12.8 Å². The Bertz CT molecular complexity index is 514. The standard InChI is InChI=1S/C17H23NO3S/c1-17(2)19-12-14(21-17)15(13-8-4-3-5-9-13)20-16(22)18-10-6-7-11-18/h3-5,8-9,14-15H,6-7,10-12H2,1-2H3/t14-,15+/m1/s1. The van der Waals surface area contributed by atoms with Gasteiger partial charge in [-0.3, -0.25) is 0 Å². The first-order valence-electron chi connectivity index (χ1n) is 7.87. The Morgan fingerprint density at radius 1 is 1.27 bits per heavy atom. The minimum absolute atomic E-state index is 0.155. The van der Waals surface area contributed by atoms with Gasteiger partial charge in [0.1, 0.15) is 6.10 Å². The summed E-state index contributed by atoms with van der Waals surface area (Å²) in [6.45, 7) is 6.32. The van der Waals surface area contributed by atoms with Gasteiger partial charge in [-0.1, -0.05) is 30.3 Å². The molecule has 0 aromatic heterocycles. The topological polar surface area (TPSA) is 30.9 Å². The van der Waals surface area contributed by atoms with Gasteiger partial charge in [-0.2, -0.15) is 0 Å². The minimum Gasteiger partial charge on any atom is -0.460 e. The summed E-state index contributed by atoms with van der Waals surface area (Å²) in [4.78, 5) is 2.13. The highest BCUT2D eigenvalue weighted by molar-refractivity contribution is 7.80. The Labute approximate surface area is 137 Å². The molecule has 2 heterocycles. The highest BCUT2D eigenvalue weighted by Crippen LogP contribution is 2.33. The highest BCUT2D eigenvalue weighted by atomic mass is 32.1. The van der Waals surface area contributed by atoms with Crippen LogP contribution in [0.2, 0.25) is 0 Å². The summed E-state index contributed by atoms with van der Waals surface area (Å²) in [5, 5.41) is 0.569. The summed E-state index contributed by atoms with van der Waals surface area (Å²) < 4.78 is 17.9. The van der Waals surface area contributed by atoms with Gasteiger partial charge in [-0.05, 0) is 44.5 Å². The van der Waals surface area contributed by atoms with Crippen molar-refractivity contribution in [3.05, 3.63) is 35.9 Å². The van der Waals surface area contributed by atoms with Crippen molar-refractivity contribution in [1.82, 2.24) is 4.90 Å². The predicted molar refractivity (Wildman–Crippen MR) is 88.6 cm³/mol. The van der Waals surface area contributed by atoms with Crippen molar-refractivity contribution >= 4 is 17.4 Å². The lowest BCUT2D eigenvalue weighted by atomic mass is 10.0. The van der Waals surface area contributed by atoms with Crippen molar-refractivity contribution < 1.29 is 14.2 Å². The average Bonchev–Trinajstić information content (AvgIpc) is 3.15. The van der Waals surface area contributed by atoms with E-state index in [0.717, 1.165) is 18.7 Å². The largest absolute Gasteiger partial charge is 0.460 e. The fraction of sp³-hybridized carbons (Fsp3) is 0.588. The third kappa shape index (κ3) is 3.59. The van der Waals surface area contributed by atoms with Crippen LogP contribution in [0, 0.1) is 0 Å². The average molecular weight is 321 g/mol. The lowest BCUT2D eigenvalue weighted by Gasteiger charge is -2.28. The van der Waals surface area contributed by atoms with Crippen LogP contribution in [0.4, 0.5) is 0 Å². The third-order valence-corrected chi connectivity index (χ3v) is 4.44. The van der Waals surface area contributed by atoms with Gasteiger partial charge in [0.2, 0.25) is 0 Å². The van der Waals surface area contributed by atoms with Crippen molar-refractivity contribution in [1.29, 1.82) is 0 Å². The Morgan fingerprint density at radius 3 is 2.55 bits per heavy atom. The minimum atomic E-state index is -0.573. The van der Waals surface area contributed by atoms with Gasteiger partial charge >= 0.3 is 0 Å². The number of ether oxygens (including phenoxy) is 3. The maximum Gasteiger partial charge on any atom is 0.260 e. The summed E-state index contributed by atoms with van der Waals surface area (Å²) in [6.07, 6.45) is 1.96. The summed E-state index contributed by atoms with van der Waals surface area (Å²) >= 11 is 5.49. The molecular weight excluding hydrogens is 298 g/mol. The molecule has 0 aliphatic carbocycles. The van der Waals surface area contributed by atoms with Crippen molar-refractivity contribution in [3.63, 3.8) is 0 Å². The lowest BCUT2D eigenvalue weighted by molar-refractivity contribution is -0.150. The molecule has 2 aliphatic rings. The molecule has 1 aromatic rings. The Kier molecular flexibility index (Phi) is 4.66. The van der Waals surface area contributed by atoms with Crippen LogP contribution >= 0.6 is 12.2 Å². The number of rotatable bonds is 3. The highest BCUT2D eigenvalue weighted by Gasteiger charge is 2.40. The Morgan fingerprint density at radius 2 is 1.95 bits per heavy atom. The van der Waals surface area contributed by atoms with E-state index in [-0.39, 0.29) is 12.2 Å². The van der Waals surface area contributed by atoms with Crippen LogP contribution in [0.3, 0.4) is 0 Å². The SMILES string of the molecule is CC1(C)OC[C@H]([C@@H](OC(=S)N2CCCC2)c2ccccc2)O1. The van der Waals surface area contributed by atoms with Crippen LogP contribution < -0.4 is 0 Å². The van der Waals surface area contributed by atoms with Crippen LogP contribution in [0.15, 0.2) is 30.3 Å². The first-order chi connectivity index (χ1) is 10.6. The number of hydrogen-bond donors (Lipinski definition) is 0. The molecular formula is C17H23NO3S. The van der Waals surface area contributed by atoms with E-state index in [9.17, 15) is 0 Å². The number of benzene rings is 1. The zero-order chi connectivity index (χ0) is 15.6. The second-order valence-electron chi connectivity index (χ2n) is 6.28. The van der Waals surface area contributed by atoms with E-state index in [1.54, 1.807) is 0 Å². The molecule has 2 atom stereocenters. The number of likely N-dealkylation sites (tertiary alicyclic amines) is 1. The normalized spacial score (nSPS) is 25.2. The molecule has 2 fully saturated rings. The summed E-state index contributed by atoms with van der Waals surface area (Å²) in [6, 6.07) is 10.1. The van der Waals surface area contributed by atoms with E-state index in [0.29, 0.717) is 11.8 Å². The molecule has 4 nitrogen and oxygen atoms in total. The van der Waals surface area contributed by atoms with Gasteiger partial charge in [0.15, 0.2) is 11.9 Å². The van der Waals surface area contributed by atoms with Crippen molar-refractivity contribution in [3.8, 4) is 0 Å². The van der Waals surface area contributed by atoms with Crippen molar-refractivity contribution in [2.24, 2.45) is 0 Å². The summed E-state index contributed by atoms with van der Waals surface area (Å²) in [5.41, 5.74) is 1.07. The Balaban J connectivity index is 1.76. The maximum absolute atomic E-state index is 6.15. The van der Waals surface area contributed by atoms with Gasteiger partial charge in [0.25, 0.3) is 5.17 Å². The monoisotopic (exact) mass is 321 g/mol. The van der Waals surface area contributed by atoms with E-state index < -0.39 is 5.79 Å². The molecule has 0 unspecified atom stereocenters. The fourth-order valence-electron chi connectivity index (χ4n) is 2.95. The van der Waals surface area contributed by atoms with E-state index >= 15 is 0 Å². The van der Waals surface area contributed by atoms with Crippen LogP contribution in [0.25, 0.3) is 0 Å². The molecule has 2 aliphatic heterocycles. The fourth-order valence-corrected chi connectivity index (χ4v) is 3.24. The molecule has 0 N–H and O–H groups in total. The molecule has 0 saturated carbocycles. The zero-order valence-corrected chi connectivity index (χ0v) is 14.0. The molecule has 5 heteroatoms. The zero-order valence-electron chi connectivity index (χ0n) is 13.2. The molecule has 0 spiro atoms. The van der Waals surface area contributed by atoms with Gasteiger partial charge in [-0.25, -0.2) is 0 Å². The van der Waals surface area contributed by atoms with Crippen molar-refractivity contribution in [2.75, 3.05) is 19.7 Å². The summed E-state index contributed by atoms with van der Waals surface area (Å²) in [7, 11) is 0. The molecule has 2 saturated heterocycles. The third-order valence-electron chi connectivity index (χ3n) is 4.09. The van der Waals surface area contributed by atoms with Crippen LogP contribution in [-0.2, 0) is 14.2 Å². The second kappa shape index (κ2) is 6.52. The molecule has 22 heavy (non-hydrogen) atoms. The lowest BCUT2D eigenvalue weighted by Crippen LogP contribution is -2.34. The number of nitrogens with zero attached hydrogens (tertiary/aromatic N) is 1. The van der Waals surface area contributed by atoms with Gasteiger partial charge in [0, 0.05) is 13.1 Å². The molecule has 120 valence electrons. The summed E-state index contributed by atoms with van der Waals surface area (Å²) in [5.74, 6) is -0.573. The smallest absolute Gasteiger partial charge is 0.260 e. The predicted octanol–water partition coefficient (Wildman–Crippen LogP) is 3.28. The van der Waals surface area contributed by atoms with Crippen LogP contribution in [-0.4, -0.2) is 41.7 Å². The molecule has 0 amide bonds. The number of hydrogen-bond acceptors (Lipinski definition) is 4. The van der Waals surface area contributed by atoms with Crippen molar-refractivity contribution in [2.45, 2.75) is 44.7 Å². The van der Waals surface area contributed by atoms with E-state index in [2.05, 4.69) is 4.90 Å². The van der Waals surface area contributed by atoms with E-state index in [1.807, 2.05) is 44.2 Å². The molecule has 3 rings (SSSR count). The van der Waals surface area contributed by atoms with Gasteiger partial charge < -0.3 is 19.1 Å². The van der Waals surface area contributed by atoms with Gasteiger partial charge in [-0.15, -0.1) is 0 Å². The van der Waals surface area contributed by atoms with Crippen LogP contribution in [0.5, 0.6) is 0 Å². The molecule has 0 bridgehead atoms. The molecule has 0 radical (unpaired) electrons. The van der Waals surface area contributed by atoms with Gasteiger partial charge in [0.05, 0.1) is 6.61 Å². The first kappa shape index (κ1) is 15.7. The molecule has 1 aromatic carbocycles. The quantitative estimate of drug-likeness (QED) is 0.798. The van der Waals surface area contributed by atoms with E-state index in [4.69, 9.17) is 26.4 Å². The second-order valence-corrected chi connectivity index (χ2v) is 6.63. The maximum atomic E-state index is 6.15. The number of thiocarbonyl (C=S) groups is 1. The Hall–Kier alpha value is -1.17. The first-order valence-corrected chi connectivity index (χ1v) is 8.28. The van der Waals surface area contributed by atoms with Crippen LogP contribution in [0.1, 0.15) is 38.4 Å².